The van der Waals surface area contributed by atoms with Gasteiger partial charge in [0.2, 0.25) is 0 Å². The molecule has 5 heterocycles. The number of fused-ring (bicyclic) bond motifs is 5. The van der Waals surface area contributed by atoms with Gasteiger partial charge in [-0.15, -0.1) is 0 Å². The molecule has 0 radical (unpaired) electrons. The molecule has 0 saturated carbocycles. The molecule has 0 fully saturated rings. The van der Waals surface area contributed by atoms with Crippen molar-refractivity contribution in [2.45, 2.75) is 144 Å². The number of carbonyl (C=O) groups excluding carboxylic acids is 2. The fourth-order valence-corrected chi connectivity index (χ4v) is 12.7. The average molecular weight is 2150 g/mol. The fraction of sp³-hybridized carbons (Fsp3) is 0.267. The molecule has 14 aromatic rings. The number of rotatable bonds is 13. The minimum atomic E-state index is -1.29. The molecule has 5 aromatic heterocycles. The Balaban J connectivity index is -0.00000157. The third-order valence-electron chi connectivity index (χ3n) is 17.1. The van der Waals surface area contributed by atoms with Crippen molar-refractivity contribution in [3.63, 3.8) is 0 Å². The van der Waals surface area contributed by atoms with Gasteiger partial charge < -0.3 is 55.7 Å². The van der Waals surface area contributed by atoms with Gasteiger partial charge in [-0.25, -0.2) is 77.6 Å². The summed E-state index contributed by atoms with van der Waals surface area (Å²) in [6.07, 6.45) is 3.02. The number of halogens is 12. The van der Waals surface area contributed by atoms with Crippen molar-refractivity contribution < 1.29 is 126 Å². The van der Waals surface area contributed by atoms with Crippen molar-refractivity contribution in [1.82, 2.24) is 29.6 Å². The van der Waals surface area contributed by atoms with E-state index in [1.807, 2.05) is 108 Å². The number of benzene rings is 9. The Morgan fingerprint density at radius 2 is 0.700 bits per heavy atom. The SMILES string of the molecule is CC.CC(C)(C)[S@@](=O)/C=C/c1cc2ccc(F)cc2nc1-c1cccc(F)c1.CC(C)(C)[S@](N)=O.CCO.CCO.CCO.CCO.CO.C[C@H](N)c1cc2ccc(F)cc2nc1-c1cccc(F)c1.C[C@H](N[S@](=O)C(C)(C)C)c1cc2ccc(F)cc2nc1-c1cccc(F)c1.N=NN=NCl.O=Cc1cc2ccc(F)cc2nc1-c1cccc(F)c1.O=Cc1cc2ccc(F)cc2nc1Cl.[Br-].[CH3-].[Mg+2].[Ti]. The Bertz CT molecular complexity index is 6340. The van der Waals surface area contributed by atoms with Crippen molar-refractivity contribution in [3.8, 4) is 45.0 Å². The molecule has 0 aliphatic heterocycles. The molecule has 14 rings (SSSR count). The van der Waals surface area contributed by atoms with Crippen LogP contribution in [0.25, 0.3) is 106 Å². The predicted octanol–water partition coefficient (Wildman–Crippen LogP) is 21.7. The number of nitrogens with zero attached hydrogens (tertiary/aromatic N) is 8. The first-order valence-electron chi connectivity index (χ1n) is 41.9. The first-order chi connectivity index (χ1) is 64.3. The van der Waals surface area contributed by atoms with E-state index in [1.54, 1.807) is 124 Å². The van der Waals surface area contributed by atoms with Crippen LogP contribution in [-0.2, 0) is 54.5 Å². The van der Waals surface area contributed by atoms with Gasteiger partial charge >= 0.3 is 23.1 Å². The molecule has 22 nitrogen and oxygen atoms in total. The summed E-state index contributed by atoms with van der Waals surface area (Å²) in [5.74, 6) is -3.41. The maximum absolute atomic E-state index is 13.8. The Labute approximate surface area is 871 Å². The number of aromatic nitrogens is 5. The first kappa shape index (κ1) is 134. The Morgan fingerprint density at radius 3 is 0.971 bits per heavy atom. The second kappa shape index (κ2) is 69.3. The molecule has 0 aliphatic carbocycles. The quantitative estimate of drug-likeness (QED) is 0.00985. The standard InChI is InChI=1S/C21H22F2N2OS.C21H19F2NOS.C17H14F2N2.C16H9F2NO.C10H5ClFNO.C4H11NOS.4C2H6O.C2H6.CH4O.CH3.BrH.ClHN4.Mg.Ti/c1-13(25-27(26)21(2,3)4)18-11-14-8-9-17(23)12-19(14)24-20(18)15-6-5-7-16(22)10-15;1-21(2,3)26(25)10-9-16-11-14-7-8-18(23)13-19(14)24-20(16)15-5-4-6-17(22)12-15;1-10(20)15-8-11-5-6-14(19)9-16(11)21-17(15)12-3-2-4-13(18)7-12;17-13-3-1-2-11(7-13)16-12(9-20)6-10-4-5-14(18)8-15(10)19-16;11-10-7(5-14)3-6-1-2-8(12)4-9(6)13-10;1-4(2,3)7(5)6;4*1-2-3;2*1-2;;;1-3-5-4-2;;/h5-13,25H,1-4H3;4-13H,1-3H3;2-10H,20H2,1H3;1-9H;1-5H;5H2,1-3H3;4*3H,2H2,1H3;1-2H3;2H,1H3;1H3;1H;2H;;/q;;;;;;;;;;;;-1;;;+2;/p-1/b;10-9+;;;;;;;;;;;;;;;/t13-,27+;26-;10-;;;7-;;;;;;;;;;;/m000..1.........../s1. The molecule has 0 spiro atoms. The van der Waals surface area contributed by atoms with Crippen LogP contribution in [0.3, 0.4) is 0 Å². The van der Waals surface area contributed by atoms with Gasteiger partial charge in [0, 0.05) is 168 Å². The number of nitrogens with one attached hydrogen (secondary N) is 2. The molecule has 0 unspecified atom stereocenters. The van der Waals surface area contributed by atoms with Crippen molar-refractivity contribution in [2.75, 3.05) is 33.5 Å². The number of aldehydes is 2. The summed E-state index contributed by atoms with van der Waals surface area (Å²) in [5.41, 5.74) is 21.5. The van der Waals surface area contributed by atoms with Gasteiger partial charge in [0.05, 0.1) is 110 Å². The third kappa shape index (κ3) is 46.2. The van der Waals surface area contributed by atoms with E-state index >= 15 is 0 Å². The van der Waals surface area contributed by atoms with Crippen molar-refractivity contribution in [2.24, 2.45) is 26.0 Å². The van der Waals surface area contributed by atoms with Crippen LogP contribution in [-0.4, -0.2) is 146 Å². The van der Waals surface area contributed by atoms with Gasteiger partial charge in [0.1, 0.15) is 57.5 Å². The van der Waals surface area contributed by atoms with E-state index in [0.29, 0.717) is 113 Å². The topological polar surface area (TPSA) is 376 Å². The van der Waals surface area contributed by atoms with Crippen LogP contribution >= 0.6 is 23.4 Å². The zero-order valence-electron chi connectivity index (χ0n) is 81.1. The summed E-state index contributed by atoms with van der Waals surface area (Å²) in [4.78, 5) is 43.5. The van der Waals surface area contributed by atoms with Crippen LogP contribution in [0.15, 0.2) is 239 Å². The molecule has 0 bridgehead atoms. The average Bonchev–Trinajstić information content (AvgIpc) is 0.816. The summed E-state index contributed by atoms with van der Waals surface area (Å²) < 4.78 is 161. The van der Waals surface area contributed by atoms with Crippen LogP contribution < -0.4 is 32.6 Å². The molecule has 0 aliphatic rings. The van der Waals surface area contributed by atoms with Crippen molar-refractivity contribution in [1.29, 1.82) is 5.53 Å². The molecule has 0 amide bonds. The number of hydrogen-bond acceptors (Lipinski definition) is 18. The van der Waals surface area contributed by atoms with Crippen LogP contribution in [0.2, 0.25) is 5.15 Å². The van der Waals surface area contributed by atoms with E-state index in [0.717, 1.165) is 34.4 Å². The molecular formula is C101H118BrCl2F9MgN12O10S3Ti. The van der Waals surface area contributed by atoms with Gasteiger partial charge in [-0.2, -0.15) is 5.53 Å². The minimum Gasteiger partial charge on any atom is -1.00 e. The number of carbonyl (C=O) groups is 2. The maximum atomic E-state index is 13.8. The Morgan fingerprint density at radius 1 is 0.436 bits per heavy atom. The number of nitrogens with two attached hydrogens (primary N) is 2. The van der Waals surface area contributed by atoms with Gasteiger partial charge in [0.25, 0.3) is 0 Å². The number of pyridine rings is 5. The summed E-state index contributed by atoms with van der Waals surface area (Å²) in [7, 11) is -2.66. The Hall–Kier alpha value is -9.65. The van der Waals surface area contributed by atoms with Crippen molar-refractivity contribution >= 4 is 152 Å². The van der Waals surface area contributed by atoms with Crippen LogP contribution in [0, 0.1) is 65.3 Å². The zero-order chi connectivity index (χ0) is 103. The van der Waals surface area contributed by atoms with E-state index in [2.05, 4.69) is 56.5 Å². The first-order valence-corrected chi connectivity index (χ1v) is 46.2. The maximum Gasteiger partial charge on any atom is 2.00 e. The van der Waals surface area contributed by atoms with E-state index in [4.69, 9.17) is 53.5 Å². The monoisotopic (exact) mass is 2150 g/mol. The molecule has 5 atom stereocenters. The van der Waals surface area contributed by atoms with Crippen LogP contribution in [0.4, 0.5) is 39.5 Å². The largest absolute Gasteiger partial charge is 2.00 e. The number of aliphatic hydroxyl groups excluding tert-OH is 5. The summed E-state index contributed by atoms with van der Waals surface area (Å²) >= 11 is 10.2. The number of aliphatic hydroxyl groups is 5. The van der Waals surface area contributed by atoms with Gasteiger partial charge in [0.15, 0.2) is 12.6 Å². The zero-order valence-corrected chi connectivity index (χ0v) is 89.6. The summed E-state index contributed by atoms with van der Waals surface area (Å²) in [6.45, 7) is 32.3. The molecule has 9 aromatic carbocycles. The normalized spacial score (nSPS) is 11.5. The Kier molecular flexibility index (Phi) is 66.6. The molecule has 0 saturated heterocycles. The van der Waals surface area contributed by atoms with E-state index < -0.39 is 49.2 Å². The van der Waals surface area contributed by atoms with Crippen LogP contribution in [0.5, 0.6) is 0 Å². The molecule has 140 heavy (non-hydrogen) atoms. The van der Waals surface area contributed by atoms with E-state index in [1.165, 1.54) is 115 Å². The van der Waals surface area contributed by atoms with Crippen molar-refractivity contribution in [3.05, 3.63) is 317 Å². The molecular weight excluding hydrogens is 2030 g/mol. The van der Waals surface area contributed by atoms with Gasteiger partial charge in [-0.05, 0) is 271 Å². The fourth-order valence-electron chi connectivity index (χ4n) is 11.0. The molecule has 750 valence electrons. The van der Waals surface area contributed by atoms with Crippen LogP contribution in [0.1, 0.15) is 167 Å². The summed E-state index contributed by atoms with van der Waals surface area (Å²) in [5, 5.41) is 52.8. The van der Waals surface area contributed by atoms with Gasteiger partial charge in [-0.3, -0.25) is 18.9 Å². The van der Waals surface area contributed by atoms with Gasteiger partial charge in [-0.1, -0.05) is 78.6 Å². The molecule has 39 heteroatoms. The predicted molar refractivity (Wildman–Crippen MR) is 545 cm³/mol. The minimum absolute atomic E-state index is 0. The third-order valence-corrected chi connectivity index (χ3v) is 21.9. The van der Waals surface area contributed by atoms with E-state index in [-0.39, 0.29) is 163 Å². The summed E-state index contributed by atoms with van der Waals surface area (Å²) in [6, 6.07) is 53.9. The molecule has 11 N–H and O–H groups in total. The smallest absolute Gasteiger partial charge is 1.00 e. The van der Waals surface area contributed by atoms with E-state index in [9.17, 15) is 61.7 Å². The second-order valence-corrected chi connectivity index (χ2v) is 37.1. The second-order valence-electron chi connectivity index (χ2n) is 30.7. The number of hydrogen-bond donors (Lipinski definition) is 9.